The van der Waals surface area contributed by atoms with E-state index in [2.05, 4.69) is 184 Å². The first-order valence-corrected chi connectivity index (χ1v) is 36.7. The summed E-state index contributed by atoms with van der Waals surface area (Å²) in [6.07, 6.45) is 118. The molecule has 0 aliphatic heterocycles. The number of carbonyl (C=O) groups excluding carboxylic acids is 2. The molecule has 0 aromatic rings. The van der Waals surface area contributed by atoms with Crippen molar-refractivity contribution in [2.75, 3.05) is 13.2 Å². The standard InChI is InChI=1S/C83H136O5/c1-3-5-7-9-11-13-15-17-19-21-23-25-27-29-31-33-35-37-39-40-41-42-44-45-47-49-51-53-55-57-59-61-63-65-67-69-71-73-75-77-82(85)87-80-81(79-84)88-83(86)78-76-74-72-70-68-66-64-62-60-58-56-54-52-50-48-46-43-38-36-34-32-30-28-26-24-22-20-18-16-14-12-10-8-6-4-2/h5-8,11-14,17-20,23-26,29-32,36,38,46,48,52,54,58,60,81,84H,3-4,9-10,15-16,21-22,27-28,33-35,37,39-45,47,49-51,53,55-57,59,61-80H2,1-2H3/b7-5-,8-6-,13-11-,14-12-,19-17-,20-18-,25-23-,26-24-,31-29-,32-30-,38-36-,48-46-,54-52-,60-58-. The number of aliphatic hydroxyl groups is 1. The molecule has 0 spiro atoms. The van der Waals surface area contributed by atoms with Crippen LogP contribution in [0.4, 0.5) is 0 Å². The van der Waals surface area contributed by atoms with E-state index in [1.807, 2.05) is 0 Å². The van der Waals surface area contributed by atoms with E-state index in [1.165, 1.54) is 161 Å². The number of hydrogen-bond donors (Lipinski definition) is 1. The molecule has 498 valence electrons. The molecule has 0 bridgehead atoms. The van der Waals surface area contributed by atoms with Crippen LogP contribution in [0.3, 0.4) is 0 Å². The molecular weight excluding hydrogens is 1080 g/mol. The van der Waals surface area contributed by atoms with Gasteiger partial charge in [-0.2, -0.15) is 0 Å². The van der Waals surface area contributed by atoms with Crippen LogP contribution in [0.15, 0.2) is 170 Å². The van der Waals surface area contributed by atoms with Crippen molar-refractivity contribution in [2.45, 2.75) is 328 Å². The van der Waals surface area contributed by atoms with Gasteiger partial charge in [0.1, 0.15) is 6.61 Å². The van der Waals surface area contributed by atoms with E-state index in [0.29, 0.717) is 12.8 Å². The van der Waals surface area contributed by atoms with Crippen LogP contribution in [0, 0.1) is 0 Å². The number of esters is 2. The highest BCUT2D eigenvalue weighted by Crippen LogP contribution is 2.17. The fourth-order valence-electron chi connectivity index (χ4n) is 10.1. The largest absolute Gasteiger partial charge is 0.462 e. The van der Waals surface area contributed by atoms with Crippen LogP contribution in [-0.4, -0.2) is 36.4 Å². The van der Waals surface area contributed by atoms with Crippen molar-refractivity contribution in [3.63, 3.8) is 0 Å². The molecule has 88 heavy (non-hydrogen) atoms. The van der Waals surface area contributed by atoms with Crippen molar-refractivity contribution in [1.29, 1.82) is 0 Å². The van der Waals surface area contributed by atoms with Gasteiger partial charge < -0.3 is 14.6 Å². The van der Waals surface area contributed by atoms with Gasteiger partial charge in [0, 0.05) is 12.8 Å². The van der Waals surface area contributed by atoms with E-state index in [1.54, 1.807) is 0 Å². The third-order valence-electron chi connectivity index (χ3n) is 15.5. The fourth-order valence-corrected chi connectivity index (χ4v) is 10.1. The summed E-state index contributed by atoms with van der Waals surface area (Å²) >= 11 is 0. The number of carbonyl (C=O) groups is 2. The van der Waals surface area contributed by atoms with Gasteiger partial charge in [-0.25, -0.2) is 0 Å². The molecule has 0 heterocycles. The Morgan fingerprint density at radius 1 is 0.261 bits per heavy atom. The van der Waals surface area contributed by atoms with E-state index >= 15 is 0 Å². The topological polar surface area (TPSA) is 72.8 Å². The summed E-state index contributed by atoms with van der Waals surface area (Å²) in [5, 5.41) is 9.71. The summed E-state index contributed by atoms with van der Waals surface area (Å²) in [6, 6.07) is 0. The van der Waals surface area contributed by atoms with Crippen LogP contribution >= 0.6 is 0 Å². The van der Waals surface area contributed by atoms with Crippen molar-refractivity contribution in [3.8, 4) is 0 Å². The van der Waals surface area contributed by atoms with Crippen LogP contribution in [-0.2, 0) is 19.1 Å². The lowest BCUT2D eigenvalue weighted by atomic mass is 10.0. The van der Waals surface area contributed by atoms with Crippen molar-refractivity contribution < 1.29 is 24.2 Å². The Balaban J connectivity index is 3.51. The van der Waals surface area contributed by atoms with Crippen LogP contribution in [0.1, 0.15) is 322 Å². The van der Waals surface area contributed by atoms with Crippen LogP contribution < -0.4 is 0 Å². The lowest BCUT2D eigenvalue weighted by Gasteiger charge is -2.15. The average Bonchev–Trinajstić information content (AvgIpc) is 3.54. The van der Waals surface area contributed by atoms with Crippen LogP contribution in [0.5, 0.6) is 0 Å². The smallest absolute Gasteiger partial charge is 0.306 e. The molecule has 5 nitrogen and oxygen atoms in total. The van der Waals surface area contributed by atoms with Gasteiger partial charge in [-0.1, -0.05) is 351 Å². The average molecular weight is 1210 g/mol. The monoisotopic (exact) mass is 1210 g/mol. The predicted molar refractivity (Wildman–Crippen MR) is 389 cm³/mol. The minimum absolute atomic E-state index is 0.0764. The molecule has 0 radical (unpaired) electrons. The second-order valence-electron chi connectivity index (χ2n) is 23.9. The van der Waals surface area contributed by atoms with Gasteiger partial charge in [0.05, 0.1) is 6.61 Å². The van der Waals surface area contributed by atoms with E-state index in [4.69, 9.17) is 9.47 Å². The SMILES string of the molecule is CC/C=C\C/C=C\C/C=C\C/C=C\C/C=C\C/C=C\C/C=C\C/C=C\C/C=C\CCCCCCCCCC(=O)OC(CO)COC(=O)CCCCCCCCCCCCCCCCCCCCCCCCC/C=C\C/C=C\C/C=C\C/C=C\C/C=C\CC. The zero-order valence-electron chi connectivity index (χ0n) is 57.2. The van der Waals surface area contributed by atoms with Crippen molar-refractivity contribution in [3.05, 3.63) is 170 Å². The van der Waals surface area contributed by atoms with Crippen molar-refractivity contribution >= 4 is 11.9 Å². The third-order valence-corrected chi connectivity index (χ3v) is 15.5. The Kier molecular flexibility index (Phi) is 72.4. The lowest BCUT2D eigenvalue weighted by Crippen LogP contribution is -2.28. The minimum Gasteiger partial charge on any atom is -0.462 e. The molecule has 1 unspecified atom stereocenters. The molecule has 0 aliphatic carbocycles. The Morgan fingerprint density at radius 2 is 0.455 bits per heavy atom. The summed E-state index contributed by atoms with van der Waals surface area (Å²) < 4.78 is 10.8. The van der Waals surface area contributed by atoms with Gasteiger partial charge in [0.25, 0.3) is 0 Å². The number of ether oxygens (including phenoxy) is 2. The number of allylic oxidation sites excluding steroid dienone is 28. The molecule has 1 N–H and O–H groups in total. The summed E-state index contributed by atoms with van der Waals surface area (Å²) in [4.78, 5) is 24.7. The molecule has 5 heteroatoms. The maximum Gasteiger partial charge on any atom is 0.306 e. The quantitative estimate of drug-likeness (QED) is 0.0373. The second-order valence-corrected chi connectivity index (χ2v) is 23.9. The third kappa shape index (κ3) is 73.7. The molecular formula is C83H136O5. The van der Waals surface area contributed by atoms with Gasteiger partial charge >= 0.3 is 11.9 Å². The van der Waals surface area contributed by atoms with Crippen molar-refractivity contribution in [1.82, 2.24) is 0 Å². The summed E-state index contributed by atoms with van der Waals surface area (Å²) in [5.41, 5.74) is 0. The maximum atomic E-state index is 12.4. The van der Waals surface area contributed by atoms with E-state index < -0.39 is 6.10 Å². The van der Waals surface area contributed by atoms with E-state index in [0.717, 1.165) is 135 Å². The Hall–Kier alpha value is -4.74. The second kappa shape index (κ2) is 76.5. The van der Waals surface area contributed by atoms with E-state index in [9.17, 15) is 14.7 Å². The number of hydrogen-bond acceptors (Lipinski definition) is 5. The molecule has 0 saturated heterocycles. The molecule has 0 aromatic heterocycles. The summed E-state index contributed by atoms with van der Waals surface area (Å²) in [6.45, 7) is 3.92. The highest BCUT2D eigenvalue weighted by molar-refractivity contribution is 5.70. The highest BCUT2D eigenvalue weighted by Gasteiger charge is 2.16. The number of unbranched alkanes of at least 4 members (excludes halogenated alkanes) is 30. The molecule has 0 aromatic carbocycles. The Labute approximate surface area is 544 Å². The molecule has 0 aliphatic rings. The van der Waals surface area contributed by atoms with Gasteiger partial charge in [0.15, 0.2) is 6.10 Å². The van der Waals surface area contributed by atoms with Crippen LogP contribution in [0.2, 0.25) is 0 Å². The minimum atomic E-state index is -0.790. The number of aliphatic hydroxyl groups excluding tert-OH is 1. The number of rotatable bonds is 66. The zero-order valence-corrected chi connectivity index (χ0v) is 57.2. The van der Waals surface area contributed by atoms with Gasteiger partial charge in [0.2, 0.25) is 0 Å². The first-order chi connectivity index (χ1) is 43.6. The van der Waals surface area contributed by atoms with Gasteiger partial charge in [-0.15, -0.1) is 0 Å². The normalized spacial score (nSPS) is 13.3. The molecule has 0 rings (SSSR count). The van der Waals surface area contributed by atoms with Crippen molar-refractivity contribution in [2.24, 2.45) is 0 Å². The molecule has 0 amide bonds. The van der Waals surface area contributed by atoms with Gasteiger partial charge in [-0.05, 0) is 128 Å². The Bertz CT molecular complexity index is 1910. The molecule has 0 saturated carbocycles. The lowest BCUT2D eigenvalue weighted by molar-refractivity contribution is -0.161. The van der Waals surface area contributed by atoms with E-state index in [-0.39, 0.29) is 25.2 Å². The first-order valence-electron chi connectivity index (χ1n) is 36.7. The van der Waals surface area contributed by atoms with Gasteiger partial charge in [-0.3, -0.25) is 9.59 Å². The maximum absolute atomic E-state index is 12.4. The first kappa shape index (κ1) is 83.3. The van der Waals surface area contributed by atoms with Crippen LogP contribution in [0.25, 0.3) is 0 Å². The Morgan fingerprint density at radius 3 is 0.682 bits per heavy atom. The molecule has 0 fully saturated rings. The fraction of sp³-hybridized carbons (Fsp3) is 0.639. The summed E-state index contributed by atoms with van der Waals surface area (Å²) in [7, 11) is 0. The zero-order chi connectivity index (χ0) is 63.3. The molecule has 1 atom stereocenters. The summed E-state index contributed by atoms with van der Waals surface area (Å²) in [5.74, 6) is -0.601. The highest BCUT2D eigenvalue weighted by atomic mass is 16.6. The predicted octanol–water partition coefficient (Wildman–Crippen LogP) is 26.0.